The Hall–Kier alpha value is -1.48. The fraction of sp³-hybridized carbons (Fsp3) is 0.500. The third kappa shape index (κ3) is 2.47. The van der Waals surface area contributed by atoms with Crippen molar-refractivity contribution < 1.29 is 9.13 Å². The van der Waals surface area contributed by atoms with E-state index in [1.165, 1.54) is 6.07 Å². The van der Waals surface area contributed by atoms with Crippen molar-refractivity contribution in [2.45, 2.75) is 12.1 Å². The molecular formula is C14H16FN3O. The Morgan fingerprint density at radius 1 is 1.47 bits per heavy atom. The molecule has 2 saturated heterocycles. The number of nitrogens with one attached hydrogen (secondary N) is 1. The Morgan fingerprint density at radius 3 is 3.21 bits per heavy atom. The van der Waals surface area contributed by atoms with Crippen LogP contribution in [-0.2, 0) is 4.74 Å². The molecule has 19 heavy (non-hydrogen) atoms. The number of hydrogen-bond acceptors (Lipinski definition) is 4. The van der Waals surface area contributed by atoms with Crippen LogP contribution in [0.1, 0.15) is 17.2 Å². The summed E-state index contributed by atoms with van der Waals surface area (Å²) in [5.41, 5.74) is 0.971. The van der Waals surface area contributed by atoms with Gasteiger partial charge in [-0.3, -0.25) is 4.90 Å². The highest BCUT2D eigenvalue weighted by molar-refractivity contribution is 5.35. The van der Waals surface area contributed by atoms with Gasteiger partial charge in [0.1, 0.15) is 11.9 Å². The molecule has 4 nitrogen and oxygen atoms in total. The van der Waals surface area contributed by atoms with E-state index in [0.717, 1.165) is 31.7 Å². The topological polar surface area (TPSA) is 48.3 Å². The van der Waals surface area contributed by atoms with E-state index in [1.54, 1.807) is 12.1 Å². The minimum Gasteiger partial charge on any atom is -0.371 e. The molecule has 1 unspecified atom stereocenters. The fourth-order valence-electron chi connectivity index (χ4n) is 2.73. The smallest absolute Gasteiger partial charge is 0.140 e. The summed E-state index contributed by atoms with van der Waals surface area (Å²) in [5, 5.41) is 12.2. The molecule has 0 spiro atoms. The Kier molecular flexibility index (Phi) is 3.47. The first kappa shape index (κ1) is 12.5. The first-order valence-electron chi connectivity index (χ1n) is 6.54. The highest BCUT2D eigenvalue weighted by Crippen LogP contribution is 2.26. The number of nitrogens with zero attached hydrogens (tertiary/aromatic N) is 2. The first-order chi connectivity index (χ1) is 9.28. The van der Waals surface area contributed by atoms with E-state index in [4.69, 9.17) is 10.00 Å². The number of hydrogen-bond donors (Lipinski definition) is 1. The second kappa shape index (κ2) is 5.25. The standard InChI is InChI=1S/C14H16FN3O/c15-13-2-1-10(5-11(13)6-16)14-8-18-4-3-17-7-12(18)9-19-14/h1-2,5,12,14,17H,3-4,7-9H2/t12-,14?/m0/s1. The van der Waals surface area contributed by atoms with Crippen LogP contribution in [0.15, 0.2) is 18.2 Å². The average Bonchev–Trinajstić information content (AvgIpc) is 2.47. The van der Waals surface area contributed by atoms with E-state index in [-0.39, 0.29) is 11.7 Å². The van der Waals surface area contributed by atoms with Crippen LogP contribution in [0.3, 0.4) is 0 Å². The minimum absolute atomic E-state index is 0.0675. The normalized spacial score (nSPS) is 27.6. The lowest BCUT2D eigenvalue weighted by Crippen LogP contribution is -2.57. The van der Waals surface area contributed by atoms with E-state index in [9.17, 15) is 4.39 Å². The average molecular weight is 261 g/mol. The molecule has 0 saturated carbocycles. The maximum Gasteiger partial charge on any atom is 0.140 e. The SMILES string of the molecule is N#Cc1cc(C2CN3CCNC[C@H]3CO2)ccc1F. The molecular weight excluding hydrogens is 245 g/mol. The number of benzene rings is 1. The highest BCUT2D eigenvalue weighted by atomic mass is 19.1. The largest absolute Gasteiger partial charge is 0.371 e. The summed E-state index contributed by atoms with van der Waals surface area (Å²) in [7, 11) is 0. The molecule has 0 amide bonds. The molecule has 1 N–H and O–H groups in total. The zero-order valence-electron chi connectivity index (χ0n) is 10.6. The van der Waals surface area contributed by atoms with Crippen LogP contribution in [0.4, 0.5) is 4.39 Å². The van der Waals surface area contributed by atoms with E-state index < -0.39 is 5.82 Å². The number of morpholine rings is 1. The summed E-state index contributed by atoms with van der Waals surface area (Å²) >= 11 is 0. The second-order valence-electron chi connectivity index (χ2n) is 5.03. The third-order valence-corrected chi connectivity index (χ3v) is 3.84. The maximum atomic E-state index is 13.3. The van der Waals surface area contributed by atoms with Gasteiger partial charge in [0.2, 0.25) is 0 Å². The van der Waals surface area contributed by atoms with Crippen molar-refractivity contribution in [3.8, 4) is 6.07 Å². The molecule has 0 bridgehead atoms. The van der Waals surface area contributed by atoms with Crippen molar-refractivity contribution in [1.29, 1.82) is 5.26 Å². The summed E-state index contributed by atoms with van der Waals surface area (Å²) in [5.74, 6) is -0.470. The van der Waals surface area contributed by atoms with E-state index >= 15 is 0 Å². The Bertz CT molecular complexity index is 514. The molecule has 5 heteroatoms. The molecule has 1 aromatic rings. The fourth-order valence-corrected chi connectivity index (χ4v) is 2.73. The number of halogens is 1. The van der Waals surface area contributed by atoms with Crippen molar-refractivity contribution in [2.75, 3.05) is 32.8 Å². The molecule has 2 aliphatic heterocycles. The van der Waals surface area contributed by atoms with Crippen LogP contribution in [0.5, 0.6) is 0 Å². The predicted molar refractivity (Wildman–Crippen MR) is 68.0 cm³/mol. The number of nitriles is 1. The Morgan fingerprint density at radius 2 is 2.37 bits per heavy atom. The zero-order chi connectivity index (χ0) is 13.2. The van der Waals surface area contributed by atoms with Crippen LogP contribution in [-0.4, -0.2) is 43.7 Å². The van der Waals surface area contributed by atoms with Crippen molar-refractivity contribution in [3.05, 3.63) is 35.1 Å². The van der Waals surface area contributed by atoms with Gasteiger partial charge in [-0.15, -0.1) is 0 Å². The monoisotopic (exact) mass is 261 g/mol. The quantitative estimate of drug-likeness (QED) is 0.820. The number of ether oxygens (including phenoxy) is 1. The van der Waals surface area contributed by atoms with Crippen molar-refractivity contribution in [1.82, 2.24) is 10.2 Å². The molecule has 0 aliphatic carbocycles. The van der Waals surface area contributed by atoms with Gasteiger partial charge in [0, 0.05) is 32.2 Å². The minimum atomic E-state index is -0.470. The van der Waals surface area contributed by atoms with E-state index in [0.29, 0.717) is 12.6 Å². The van der Waals surface area contributed by atoms with Gasteiger partial charge in [0.15, 0.2) is 0 Å². The first-order valence-corrected chi connectivity index (χ1v) is 6.54. The van der Waals surface area contributed by atoms with Crippen molar-refractivity contribution >= 4 is 0 Å². The Labute approximate surface area is 111 Å². The lowest BCUT2D eigenvalue weighted by Gasteiger charge is -2.42. The van der Waals surface area contributed by atoms with Crippen LogP contribution in [0, 0.1) is 17.1 Å². The lowest BCUT2D eigenvalue weighted by molar-refractivity contribution is -0.0718. The molecule has 2 atom stereocenters. The van der Waals surface area contributed by atoms with Gasteiger partial charge >= 0.3 is 0 Å². The van der Waals surface area contributed by atoms with Crippen molar-refractivity contribution in [3.63, 3.8) is 0 Å². The van der Waals surface area contributed by atoms with Crippen molar-refractivity contribution in [2.24, 2.45) is 0 Å². The second-order valence-corrected chi connectivity index (χ2v) is 5.03. The van der Waals surface area contributed by atoms with Crippen LogP contribution in [0.2, 0.25) is 0 Å². The molecule has 100 valence electrons. The summed E-state index contributed by atoms with van der Waals surface area (Å²) in [4.78, 5) is 2.40. The molecule has 2 aliphatic rings. The van der Waals surface area contributed by atoms with Crippen LogP contribution < -0.4 is 5.32 Å². The molecule has 3 rings (SSSR count). The van der Waals surface area contributed by atoms with Gasteiger partial charge in [-0.1, -0.05) is 6.07 Å². The van der Waals surface area contributed by atoms with Crippen LogP contribution >= 0.6 is 0 Å². The molecule has 0 radical (unpaired) electrons. The summed E-state index contributed by atoms with van der Waals surface area (Å²) in [6.45, 7) is 4.45. The third-order valence-electron chi connectivity index (χ3n) is 3.84. The van der Waals surface area contributed by atoms with Gasteiger partial charge in [-0.25, -0.2) is 4.39 Å². The highest BCUT2D eigenvalue weighted by Gasteiger charge is 2.31. The predicted octanol–water partition coefficient (Wildman–Crippen LogP) is 1.04. The number of fused-ring (bicyclic) bond motifs is 1. The van der Waals surface area contributed by atoms with Gasteiger partial charge in [-0.05, 0) is 17.7 Å². The number of piperazine rings is 1. The van der Waals surface area contributed by atoms with Gasteiger partial charge in [0.25, 0.3) is 0 Å². The van der Waals surface area contributed by atoms with E-state index in [2.05, 4.69) is 10.2 Å². The number of rotatable bonds is 1. The van der Waals surface area contributed by atoms with Crippen LogP contribution in [0.25, 0.3) is 0 Å². The van der Waals surface area contributed by atoms with Gasteiger partial charge in [0.05, 0.1) is 18.3 Å². The Balaban J connectivity index is 1.78. The van der Waals surface area contributed by atoms with Gasteiger partial charge in [-0.2, -0.15) is 5.26 Å². The molecule has 2 fully saturated rings. The lowest BCUT2D eigenvalue weighted by atomic mass is 10.0. The van der Waals surface area contributed by atoms with E-state index in [1.807, 2.05) is 6.07 Å². The maximum absolute atomic E-state index is 13.3. The summed E-state index contributed by atoms with van der Waals surface area (Å²) < 4.78 is 19.2. The summed E-state index contributed by atoms with van der Waals surface area (Å²) in [6, 6.07) is 6.97. The molecule has 2 heterocycles. The summed E-state index contributed by atoms with van der Waals surface area (Å²) in [6.07, 6.45) is -0.0675. The molecule has 0 aromatic heterocycles. The van der Waals surface area contributed by atoms with Gasteiger partial charge < -0.3 is 10.1 Å². The molecule has 1 aromatic carbocycles. The zero-order valence-corrected chi connectivity index (χ0v) is 10.6.